The van der Waals surface area contributed by atoms with E-state index in [4.69, 9.17) is 0 Å². The summed E-state index contributed by atoms with van der Waals surface area (Å²) in [5.41, 5.74) is 3.19. The molecule has 1 atom stereocenters. The second-order valence-corrected chi connectivity index (χ2v) is 6.51. The molecule has 3 rings (SSSR count). The Morgan fingerprint density at radius 2 is 2.05 bits per heavy atom. The molecule has 20 heavy (non-hydrogen) atoms. The van der Waals surface area contributed by atoms with Crippen LogP contribution in [0, 0.1) is 5.92 Å². The molecule has 1 saturated carbocycles. The van der Waals surface area contributed by atoms with E-state index < -0.39 is 0 Å². The third-order valence-corrected chi connectivity index (χ3v) is 4.83. The summed E-state index contributed by atoms with van der Waals surface area (Å²) in [4.78, 5) is 2.64. The molecule has 1 N–H and O–H groups in total. The van der Waals surface area contributed by atoms with Crippen LogP contribution in [0.25, 0.3) is 0 Å². The van der Waals surface area contributed by atoms with Crippen LogP contribution in [0.4, 0.5) is 0 Å². The molecule has 0 bridgehead atoms. The summed E-state index contributed by atoms with van der Waals surface area (Å²) in [5.74, 6) is 1.71. The highest BCUT2D eigenvalue weighted by atomic mass is 15.1. The molecule has 1 aliphatic heterocycles. The lowest BCUT2D eigenvalue weighted by atomic mass is 9.98. The van der Waals surface area contributed by atoms with Gasteiger partial charge in [0.15, 0.2) is 0 Å². The smallest absolute Gasteiger partial charge is 0.0236 e. The fourth-order valence-electron chi connectivity index (χ4n) is 3.46. The minimum atomic E-state index is 0.844. The lowest BCUT2D eigenvalue weighted by molar-refractivity contribution is 0.209. The van der Waals surface area contributed by atoms with Gasteiger partial charge in [0.05, 0.1) is 0 Å². The lowest BCUT2D eigenvalue weighted by Gasteiger charge is -2.30. The Kier molecular flexibility index (Phi) is 4.74. The molecule has 1 saturated heterocycles. The maximum Gasteiger partial charge on any atom is 0.0236 e. The zero-order valence-corrected chi connectivity index (χ0v) is 12.8. The van der Waals surface area contributed by atoms with Crippen molar-refractivity contribution in [3.8, 4) is 0 Å². The van der Waals surface area contributed by atoms with E-state index in [2.05, 4.69) is 41.4 Å². The SMILES string of the molecule is CCN(Cc1ccccc1C1CC1)CC1CCCNC1. The first-order chi connectivity index (χ1) is 9.86. The standard InChI is InChI=1S/C18H28N2/c1-2-20(13-15-6-5-11-19-12-15)14-17-7-3-4-8-18(17)16-9-10-16/h3-4,7-8,15-16,19H,2,5-6,9-14H2,1H3. The third kappa shape index (κ3) is 3.62. The second kappa shape index (κ2) is 6.73. The highest BCUT2D eigenvalue weighted by Crippen LogP contribution is 2.41. The minimum absolute atomic E-state index is 0.844. The van der Waals surface area contributed by atoms with Crippen LogP contribution in [-0.2, 0) is 6.54 Å². The van der Waals surface area contributed by atoms with Crippen molar-refractivity contribution in [3.63, 3.8) is 0 Å². The van der Waals surface area contributed by atoms with Crippen LogP contribution in [0.1, 0.15) is 49.7 Å². The summed E-state index contributed by atoms with van der Waals surface area (Å²) >= 11 is 0. The maximum absolute atomic E-state index is 3.54. The third-order valence-electron chi connectivity index (χ3n) is 4.83. The second-order valence-electron chi connectivity index (χ2n) is 6.51. The van der Waals surface area contributed by atoms with Gasteiger partial charge in [-0.25, -0.2) is 0 Å². The Hall–Kier alpha value is -0.860. The maximum atomic E-state index is 3.54. The van der Waals surface area contributed by atoms with Gasteiger partial charge in [-0.3, -0.25) is 4.90 Å². The molecule has 1 unspecified atom stereocenters. The molecular weight excluding hydrogens is 244 g/mol. The van der Waals surface area contributed by atoms with E-state index >= 15 is 0 Å². The molecule has 1 aromatic carbocycles. The molecule has 0 amide bonds. The summed E-state index contributed by atoms with van der Waals surface area (Å²) in [5, 5.41) is 3.54. The fourth-order valence-corrected chi connectivity index (χ4v) is 3.46. The molecule has 0 radical (unpaired) electrons. The van der Waals surface area contributed by atoms with E-state index in [1.165, 1.54) is 45.3 Å². The van der Waals surface area contributed by atoms with Crippen LogP contribution in [0.15, 0.2) is 24.3 Å². The van der Waals surface area contributed by atoms with Crippen molar-refractivity contribution in [1.29, 1.82) is 0 Å². The number of nitrogens with one attached hydrogen (secondary N) is 1. The molecule has 2 fully saturated rings. The summed E-state index contributed by atoms with van der Waals surface area (Å²) in [6, 6.07) is 9.11. The van der Waals surface area contributed by atoms with Gasteiger partial charge in [0.1, 0.15) is 0 Å². The zero-order valence-electron chi connectivity index (χ0n) is 12.8. The van der Waals surface area contributed by atoms with Gasteiger partial charge in [0.25, 0.3) is 0 Å². The van der Waals surface area contributed by atoms with Crippen molar-refractivity contribution >= 4 is 0 Å². The Balaban J connectivity index is 1.62. The Bertz CT molecular complexity index is 419. The van der Waals surface area contributed by atoms with E-state index in [0.29, 0.717) is 0 Å². The van der Waals surface area contributed by atoms with Gasteiger partial charge in [0.2, 0.25) is 0 Å². The number of benzene rings is 1. The van der Waals surface area contributed by atoms with Crippen molar-refractivity contribution in [2.24, 2.45) is 5.92 Å². The zero-order chi connectivity index (χ0) is 13.8. The van der Waals surface area contributed by atoms with Gasteiger partial charge < -0.3 is 5.32 Å². The average Bonchev–Trinajstić information content (AvgIpc) is 3.33. The molecule has 2 aliphatic rings. The van der Waals surface area contributed by atoms with Crippen molar-refractivity contribution in [2.45, 2.75) is 45.1 Å². The Labute approximate surface area is 123 Å². The molecule has 2 heteroatoms. The molecule has 1 aromatic rings. The van der Waals surface area contributed by atoms with E-state index in [1.807, 2.05) is 0 Å². The lowest BCUT2D eigenvalue weighted by Crippen LogP contribution is -2.38. The number of rotatable bonds is 6. The number of piperidine rings is 1. The Morgan fingerprint density at radius 3 is 2.75 bits per heavy atom. The molecule has 0 spiro atoms. The van der Waals surface area contributed by atoms with Crippen molar-refractivity contribution in [3.05, 3.63) is 35.4 Å². The summed E-state index contributed by atoms with van der Waals surface area (Å²) < 4.78 is 0. The van der Waals surface area contributed by atoms with Crippen molar-refractivity contribution < 1.29 is 0 Å². The van der Waals surface area contributed by atoms with Crippen LogP contribution in [0.5, 0.6) is 0 Å². The quantitative estimate of drug-likeness (QED) is 0.854. The molecule has 1 aliphatic carbocycles. The summed E-state index contributed by atoms with van der Waals surface area (Å²) in [6.45, 7) is 8.28. The van der Waals surface area contributed by atoms with Gasteiger partial charge >= 0.3 is 0 Å². The highest BCUT2D eigenvalue weighted by molar-refractivity contribution is 5.33. The van der Waals surface area contributed by atoms with Gasteiger partial charge in [0, 0.05) is 13.1 Å². The minimum Gasteiger partial charge on any atom is -0.316 e. The van der Waals surface area contributed by atoms with Crippen LogP contribution in [0.3, 0.4) is 0 Å². The average molecular weight is 272 g/mol. The first-order valence-corrected chi connectivity index (χ1v) is 8.37. The first-order valence-electron chi connectivity index (χ1n) is 8.37. The normalized spacial score (nSPS) is 23.2. The summed E-state index contributed by atoms with van der Waals surface area (Å²) in [6.07, 6.45) is 5.54. The van der Waals surface area contributed by atoms with Crippen LogP contribution in [-0.4, -0.2) is 31.1 Å². The molecule has 2 nitrogen and oxygen atoms in total. The van der Waals surface area contributed by atoms with E-state index in [9.17, 15) is 0 Å². The number of nitrogens with zero attached hydrogens (tertiary/aromatic N) is 1. The van der Waals surface area contributed by atoms with Crippen molar-refractivity contribution in [1.82, 2.24) is 10.2 Å². The molecule has 0 aromatic heterocycles. The van der Waals surface area contributed by atoms with E-state index in [1.54, 1.807) is 11.1 Å². The molecule has 110 valence electrons. The molecule has 1 heterocycles. The largest absolute Gasteiger partial charge is 0.316 e. The predicted octanol–water partition coefficient (Wildman–Crippen LogP) is 3.39. The number of hydrogen-bond acceptors (Lipinski definition) is 2. The topological polar surface area (TPSA) is 15.3 Å². The predicted molar refractivity (Wildman–Crippen MR) is 85.0 cm³/mol. The fraction of sp³-hybridized carbons (Fsp3) is 0.667. The van der Waals surface area contributed by atoms with Gasteiger partial charge in [-0.1, -0.05) is 31.2 Å². The van der Waals surface area contributed by atoms with Crippen LogP contribution >= 0.6 is 0 Å². The Morgan fingerprint density at radius 1 is 1.20 bits per heavy atom. The molecular formula is C18H28N2. The number of hydrogen-bond donors (Lipinski definition) is 1. The first kappa shape index (κ1) is 14.1. The highest BCUT2D eigenvalue weighted by Gasteiger charge is 2.26. The van der Waals surface area contributed by atoms with E-state index in [-0.39, 0.29) is 0 Å². The summed E-state index contributed by atoms with van der Waals surface area (Å²) in [7, 11) is 0. The van der Waals surface area contributed by atoms with Crippen molar-refractivity contribution in [2.75, 3.05) is 26.2 Å². The van der Waals surface area contributed by atoms with Crippen LogP contribution in [0.2, 0.25) is 0 Å². The van der Waals surface area contributed by atoms with Crippen LogP contribution < -0.4 is 5.32 Å². The van der Waals surface area contributed by atoms with Gasteiger partial charge in [-0.2, -0.15) is 0 Å². The van der Waals surface area contributed by atoms with Gasteiger partial charge in [-0.15, -0.1) is 0 Å². The van der Waals surface area contributed by atoms with E-state index in [0.717, 1.165) is 24.9 Å². The van der Waals surface area contributed by atoms with Gasteiger partial charge in [-0.05, 0) is 68.3 Å². The monoisotopic (exact) mass is 272 g/mol.